The fourth-order valence-electron chi connectivity index (χ4n) is 1.56. The fraction of sp³-hybridized carbons (Fsp3) is 0.154. The number of nitrogens with zero attached hydrogens (tertiary/aromatic N) is 2. The molecule has 0 fully saturated rings. The van der Waals surface area contributed by atoms with Gasteiger partial charge >= 0.3 is 5.69 Å². The fourth-order valence-corrected chi connectivity index (χ4v) is 1.69. The summed E-state index contributed by atoms with van der Waals surface area (Å²) in [6.07, 6.45) is 3.09. The van der Waals surface area contributed by atoms with E-state index < -0.39 is 5.69 Å². The minimum atomic E-state index is -0.428. The highest BCUT2D eigenvalue weighted by atomic mass is 35.5. The molecule has 2 rings (SSSR count). The van der Waals surface area contributed by atoms with E-state index in [-0.39, 0.29) is 12.3 Å². The third kappa shape index (κ3) is 2.84. The van der Waals surface area contributed by atoms with Crippen molar-refractivity contribution in [3.63, 3.8) is 0 Å². The molecule has 5 heteroatoms. The van der Waals surface area contributed by atoms with Crippen molar-refractivity contribution in [3.05, 3.63) is 63.3 Å². The molecular weight excluding hydrogens is 252 g/mol. The molecule has 2 aromatic rings. The number of aryl methyl sites for hydroxylation is 1. The third-order valence-corrected chi connectivity index (χ3v) is 2.72. The third-order valence-electron chi connectivity index (χ3n) is 2.46. The zero-order valence-electron chi connectivity index (χ0n) is 9.76. The summed E-state index contributed by atoms with van der Waals surface area (Å²) in [6, 6.07) is 6.57. The lowest BCUT2D eigenvalue weighted by atomic mass is 10.1. The van der Waals surface area contributed by atoms with E-state index in [1.54, 1.807) is 30.5 Å². The molecule has 0 saturated carbocycles. The Kier molecular flexibility index (Phi) is 3.58. The van der Waals surface area contributed by atoms with E-state index in [9.17, 15) is 9.59 Å². The Morgan fingerprint density at radius 1 is 1.33 bits per heavy atom. The van der Waals surface area contributed by atoms with Crippen molar-refractivity contribution >= 4 is 17.4 Å². The molecule has 92 valence electrons. The summed E-state index contributed by atoms with van der Waals surface area (Å²) in [5, 5.41) is 0.570. The van der Waals surface area contributed by atoms with Gasteiger partial charge < -0.3 is 0 Å². The molecule has 1 heterocycles. The van der Waals surface area contributed by atoms with Crippen LogP contribution in [0.15, 0.2) is 41.5 Å². The highest BCUT2D eigenvalue weighted by Gasteiger charge is 2.08. The van der Waals surface area contributed by atoms with Gasteiger partial charge in [-0.1, -0.05) is 11.6 Å². The van der Waals surface area contributed by atoms with Crippen LogP contribution in [0.1, 0.15) is 15.9 Å². The van der Waals surface area contributed by atoms with Crippen LogP contribution in [0.4, 0.5) is 0 Å². The summed E-state index contributed by atoms with van der Waals surface area (Å²) < 4.78 is 1.30. The van der Waals surface area contributed by atoms with Crippen LogP contribution in [0, 0.1) is 6.92 Å². The number of aromatic nitrogens is 2. The molecule has 0 radical (unpaired) electrons. The minimum Gasteiger partial charge on any atom is -0.292 e. The summed E-state index contributed by atoms with van der Waals surface area (Å²) in [6.45, 7) is 1.80. The second-order valence-electron chi connectivity index (χ2n) is 3.97. The quantitative estimate of drug-likeness (QED) is 0.796. The maximum absolute atomic E-state index is 12.0. The zero-order valence-corrected chi connectivity index (χ0v) is 10.5. The Morgan fingerprint density at radius 3 is 2.67 bits per heavy atom. The second-order valence-corrected chi connectivity index (χ2v) is 4.41. The van der Waals surface area contributed by atoms with Crippen molar-refractivity contribution in [3.8, 4) is 0 Å². The van der Waals surface area contributed by atoms with E-state index in [2.05, 4.69) is 4.98 Å². The largest absolute Gasteiger partial charge is 0.347 e. The van der Waals surface area contributed by atoms with Gasteiger partial charge in [0.05, 0.1) is 6.54 Å². The molecule has 0 spiro atoms. The molecular formula is C13H11ClN2O2. The molecule has 1 aromatic heterocycles. The molecule has 0 aliphatic rings. The number of ketones is 1. The first-order chi connectivity index (χ1) is 8.56. The van der Waals surface area contributed by atoms with Crippen LogP contribution in [0.5, 0.6) is 0 Å². The number of hydrogen-bond acceptors (Lipinski definition) is 3. The first kappa shape index (κ1) is 12.5. The van der Waals surface area contributed by atoms with Crippen LogP contribution in [-0.4, -0.2) is 15.3 Å². The molecule has 4 nitrogen and oxygen atoms in total. The van der Waals surface area contributed by atoms with Crippen LogP contribution in [0.3, 0.4) is 0 Å². The van der Waals surface area contributed by atoms with Crippen LogP contribution < -0.4 is 5.69 Å². The van der Waals surface area contributed by atoms with Gasteiger partial charge in [0, 0.05) is 23.0 Å². The second kappa shape index (κ2) is 5.14. The van der Waals surface area contributed by atoms with E-state index in [1.165, 1.54) is 10.8 Å². The Morgan fingerprint density at radius 2 is 2.00 bits per heavy atom. The molecule has 0 aliphatic heterocycles. The van der Waals surface area contributed by atoms with Gasteiger partial charge in [-0.15, -0.1) is 0 Å². The molecule has 0 N–H and O–H groups in total. The van der Waals surface area contributed by atoms with Crippen molar-refractivity contribution in [1.29, 1.82) is 0 Å². The monoisotopic (exact) mass is 262 g/mol. The average Bonchev–Trinajstić information content (AvgIpc) is 2.34. The first-order valence-electron chi connectivity index (χ1n) is 5.38. The van der Waals surface area contributed by atoms with Gasteiger partial charge in [-0.05, 0) is 36.8 Å². The van der Waals surface area contributed by atoms with Gasteiger partial charge in [0.2, 0.25) is 0 Å². The first-order valence-corrected chi connectivity index (χ1v) is 5.76. The van der Waals surface area contributed by atoms with Crippen molar-refractivity contribution in [1.82, 2.24) is 9.55 Å². The van der Waals surface area contributed by atoms with Gasteiger partial charge in [-0.3, -0.25) is 9.36 Å². The number of benzene rings is 1. The number of Topliss-reactive ketones (excluding diaryl/α,β-unsaturated/α-hetero) is 1. The lowest BCUT2D eigenvalue weighted by Crippen LogP contribution is -2.26. The maximum Gasteiger partial charge on any atom is 0.347 e. The van der Waals surface area contributed by atoms with Crippen LogP contribution in [0.2, 0.25) is 5.02 Å². The maximum atomic E-state index is 12.0. The van der Waals surface area contributed by atoms with E-state index in [0.717, 1.165) is 5.56 Å². The SMILES string of the molecule is Cc1cnc(=O)n(CC(=O)c2ccc(Cl)cc2)c1. The molecule has 0 saturated heterocycles. The normalized spacial score (nSPS) is 10.3. The predicted octanol–water partition coefficient (Wildman–Crippen LogP) is 2.09. The summed E-state index contributed by atoms with van der Waals surface area (Å²) in [4.78, 5) is 27.1. The van der Waals surface area contributed by atoms with Crippen molar-refractivity contribution in [2.45, 2.75) is 13.5 Å². The van der Waals surface area contributed by atoms with Crippen molar-refractivity contribution in [2.24, 2.45) is 0 Å². The van der Waals surface area contributed by atoms with Crippen LogP contribution in [-0.2, 0) is 6.54 Å². The molecule has 0 bridgehead atoms. The number of halogens is 1. The molecule has 1 aromatic carbocycles. The van der Waals surface area contributed by atoms with Crippen LogP contribution in [0.25, 0.3) is 0 Å². The van der Waals surface area contributed by atoms with Crippen LogP contribution >= 0.6 is 11.6 Å². The van der Waals surface area contributed by atoms with Crippen molar-refractivity contribution < 1.29 is 4.79 Å². The summed E-state index contributed by atoms with van der Waals surface area (Å²) in [5.74, 6) is -0.152. The molecule has 0 atom stereocenters. The molecule has 18 heavy (non-hydrogen) atoms. The Balaban J connectivity index is 2.24. The van der Waals surface area contributed by atoms with E-state index in [4.69, 9.17) is 11.6 Å². The Labute approximate surface area is 109 Å². The lowest BCUT2D eigenvalue weighted by Gasteiger charge is -2.05. The van der Waals surface area contributed by atoms with Gasteiger partial charge in [-0.2, -0.15) is 0 Å². The zero-order chi connectivity index (χ0) is 13.1. The van der Waals surface area contributed by atoms with Gasteiger partial charge in [0.1, 0.15) is 0 Å². The molecule has 0 unspecified atom stereocenters. The van der Waals surface area contributed by atoms with E-state index >= 15 is 0 Å². The van der Waals surface area contributed by atoms with Gasteiger partial charge in [0.25, 0.3) is 0 Å². The summed E-state index contributed by atoms with van der Waals surface area (Å²) in [5.41, 5.74) is 0.925. The molecule has 0 aliphatic carbocycles. The standard InChI is InChI=1S/C13H11ClN2O2/c1-9-6-15-13(18)16(7-9)8-12(17)10-2-4-11(14)5-3-10/h2-7H,8H2,1H3. The predicted molar refractivity (Wildman–Crippen MR) is 69.0 cm³/mol. The van der Waals surface area contributed by atoms with E-state index in [0.29, 0.717) is 10.6 Å². The molecule has 0 amide bonds. The topological polar surface area (TPSA) is 52.0 Å². The Hall–Kier alpha value is -1.94. The number of rotatable bonds is 3. The lowest BCUT2D eigenvalue weighted by molar-refractivity contribution is 0.0970. The number of hydrogen-bond donors (Lipinski definition) is 0. The smallest absolute Gasteiger partial charge is 0.292 e. The number of carbonyl (C=O) groups excluding carboxylic acids is 1. The van der Waals surface area contributed by atoms with Crippen molar-refractivity contribution in [2.75, 3.05) is 0 Å². The summed E-state index contributed by atoms with van der Waals surface area (Å²) in [7, 11) is 0. The summed E-state index contributed by atoms with van der Waals surface area (Å²) >= 11 is 5.75. The highest BCUT2D eigenvalue weighted by molar-refractivity contribution is 6.30. The van der Waals surface area contributed by atoms with Gasteiger partial charge in [-0.25, -0.2) is 9.78 Å². The Bertz CT molecular complexity index is 632. The number of carbonyl (C=O) groups is 1. The minimum absolute atomic E-state index is 0.0187. The average molecular weight is 263 g/mol. The highest BCUT2D eigenvalue weighted by Crippen LogP contribution is 2.10. The van der Waals surface area contributed by atoms with E-state index in [1.807, 2.05) is 6.92 Å². The van der Waals surface area contributed by atoms with Gasteiger partial charge in [0.15, 0.2) is 5.78 Å².